The van der Waals surface area contributed by atoms with E-state index >= 15 is 0 Å². The average molecular weight is 110 g/mol. The standard InChI is InChI=1S/C7H10O/c1-7(8)5-3-2-4-6-7/h8H,3,5-6H2,1H3. The van der Waals surface area contributed by atoms with E-state index in [2.05, 4.69) is 11.8 Å². The summed E-state index contributed by atoms with van der Waals surface area (Å²) in [6.45, 7) is 1.83. The Morgan fingerprint density at radius 3 is 2.50 bits per heavy atom. The van der Waals surface area contributed by atoms with E-state index in [0.29, 0.717) is 6.42 Å². The lowest BCUT2D eigenvalue weighted by Crippen LogP contribution is -2.24. The summed E-state index contributed by atoms with van der Waals surface area (Å²) in [5.41, 5.74) is -0.495. The maximum Gasteiger partial charge on any atom is 0.0737 e. The Kier molecular flexibility index (Phi) is 1.27. The molecule has 0 saturated heterocycles. The summed E-state index contributed by atoms with van der Waals surface area (Å²) in [7, 11) is 0. The molecule has 0 bridgehead atoms. The molecule has 0 spiro atoms. The average Bonchev–Trinajstić information content (AvgIpc) is 1.65. The van der Waals surface area contributed by atoms with Crippen molar-refractivity contribution in [2.24, 2.45) is 0 Å². The van der Waals surface area contributed by atoms with Crippen LogP contribution in [0.15, 0.2) is 0 Å². The second kappa shape index (κ2) is 1.80. The summed E-state index contributed by atoms with van der Waals surface area (Å²) in [6, 6.07) is 0. The molecule has 44 valence electrons. The lowest BCUT2D eigenvalue weighted by molar-refractivity contribution is 0.0554. The molecule has 0 aromatic heterocycles. The minimum absolute atomic E-state index is 0.495. The monoisotopic (exact) mass is 110 g/mol. The molecule has 0 fully saturated rings. The molecule has 0 heterocycles. The van der Waals surface area contributed by atoms with Gasteiger partial charge in [-0.15, -0.1) is 11.8 Å². The summed E-state index contributed by atoms with van der Waals surface area (Å²) < 4.78 is 0. The molecule has 0 saturated carbocycles. The van der Waals surface area contributed by atoms with Crippen LogP contribution in [0.25, 0.3) is 0 Å². The molecule has 1 heteroatoms. The Morgan fingerprint density at radius 2 is 2.25 bits per heavy atom. The molecule has 1 atom stereocenters. The van der Waals surface area contributed by atoms with Crippen molar-refractivity contribution < 1.29 is 5.11 Å². The highest BCUT2D eigenvalue weighted by Gasteiger charge is 2.19. The van der Waals surface area contributed by atoms with Crippen LogP contribution in [0, 0.1) is 11.8 Å². The summed E-state index contributed by atoms with van der Waals surface area (Å²) in [5.74, 6) is 5.81. The molecule has 0 aromatic carbocycles. The summed E-state index contributed by atoms with van der Waals surface area (Å²) in [5, 5.41) is 9.27. The van der Waals surface area contributed by atoms with Crippen molar-refractivity contribution in [3.05, 3.63) is 0 Å². The van der Waals surface area contributed by atoms with Crippen LogP contribution >= 0.6 is 0 Å². The van der Waals surface area contributed by atoms with E-state index in [4.69, 9.17) is 0 Å². The van der Waals surface area contributed by atoms with Crippen molar-refractivity contribution in [2.75, 3.05) is 0 Å². The Balaban J connectivity index is 2.56. The zero-order valence-corrected chi connectivity index (χ0v) is 5.07. The molecule has 1 unspecified atom stereocenters. The van der Waals surface area contributed by atoms with Crippen molar-refractivity contribution in [3.8, 4) is 11.8 Å². The number of hydrogen-bond acceptors (Lipinski definition) is 1. The van der Waals surface area contributed by atoms with Crippen LogP contribution in [0.1, 0.15) is 26.2 Å². The third kappa shape index (κ3) is 1.24. The van der Waals surface area contributed by atoms with Crippen LogP contribution in [0.3, 0.4) is 0 Å². The van der Waals surface area contributed by atoms with Crippen LogP contribution in [-0.4, -0.2) is 10.7 Å². The highest BCUT2D eigenvalue weighted by atomic mass is 16.3. The van der Waals surface area contributed by atoms with Crippen LogP contribution in [0.2, 0.25) is 0 Å². The second-order valence-corrected chi connectivity index (χ2v) is 2.53. The first-order valence-electron chi connectivity index (χ1n) is 2.89. The van der Waals surface area contributed by atoms with E-state index in [1.807, 2.05) is 6.92 Å². The van der Waals surface area contributed by atoms with Crippen LogP contribution in [-0.2, 0) is 0 Å². The molecule has 1 aliphatic rings. The molecule has 8 heavy (non-hydrogen) atoms. The van der Waals surface area contributed by atoms with Gasteiger partial charge in [-0.2, -0.15) is 0 Å². The summed E-state index contributed by atoms with van der Waals surface area (Å²) >= 11 is 0. The van der Waals surface area contributed by atoms with Crippen LogP contribution < -0.4 is 0 Å². The number of hydrogen-bond donors (Lipinski definition) is 1. The number of rotatable bonds is 0. The van der Waals surface area contributed by atoms with E-state index in [1.54, 1.807) is 0 Å². The predicted molar refractivity (Wildman–Crippen MR) is 32.3 cm³/mol. The third-order valence-electron chi connectivity index (χ3n) is 1.38. The summed E-state index contributed by atoms with van der Waals surface area (Å²) in [6.07, 6.45) is 2.33. The largest absolute Gasteiger partial charge is 0.389 e. The number of aliphatic hydroxyl groups is 1. The van der Waals surface area contributed by atoms with E-state index in [0.717, 1.165) is 12.8 Å². The zero-order valence-electron chi connectivity index (χ0n) is 5.07. The van der Waals surface area contributed by atoms with Gasteiger partial charge in [0.05, 0.1) is 5.60 Å². The maximum absolute atomic E-state index is 9.27. The summed E-state index contributed by atoms with van der Waals surface area (Å²) in [4.78, 5) is 0. The van der Waals surface area contributed by atoms with E-state index in [-0.39, 0.29) is 0 Å². The maximum atomic E-state index is 9.27. The van der Waals surface area contributed by atoms with Gasteiger partial charge in [-0.05, 0) is 13.3 Å². The van der Waals surface area contributed by atoms with Gasteiger partial charge >= 0.3 is 0 Å². The van der Waals surface area contributed by atoms with Crippen LogP contribution in [0.5, 0.6) is 0 Å². The zero-order chi connectivity index (χ0) is 6.04. The lowest BCUT2D eigenvalue weighted by Gasteiger charge is -2.20. The highest BCUT2D eigenvalue weighted by Crippen LogP contribution is 2.17. The quantitative estimate of drug-likeness (QED) is 0.460. The Bertz CT molecular complexity index is 136. The topological polar surface area (TPSA) is 20.2 Å². The molecular weight excluding hydrogens is 100 g/mol. The smallest absolute Gasteiger partial charge is 0.0737 e. The molecule has 1 nitrogen and oxygen atoms in total. The first-order chi connectivity index (χ1) is 3.71. The third-order valence-corrected chi connectivity index (χ3v) is 1.38. The molecule has 0 amide bonds. The van der Waals surface area contributed by atoms with Gasteiger partial charge in [0, 0.05) is 12.8 Å². The van der Waals surface area contributed by atoms with Gasteiger partial charge < -0.3 is 5.11 Å². The fourth-order valence-corrected chi connectivity index (χ4v) is 0.761. The Morgan fingerprint density at radius 1 is 1.50 bits per heavy atom. The fourth-order valence-electron chi connectivity index (χ4n) is 0.761. The van der Waals surface area contributed by atoms with Gasteiger partial charge in [0.25, 0.3) is 0 Å². The van der Waals surface area contributed by atoms with Gasteiger partial charge in [0.1, 0.15) is 0 Å². The molecule has 0 aliphatic heterocycles. The van der Waals surface area contributed by atoms with Crippen molar-refractivity contribution in [1.82, 2.24) is 0 Å². The second-order valence-electron chi connectivity index (χ2n) is 2.53. The minimum Gasteiger partial charge on any atom is -0.389 e. The first-order valence-corrected chi connectivity index (χ1v) is 2.89. The first kappa shape index (κ1) is 5.65. The van der Waals surface area contributed by atoms with Gasteiger partial charge in [-0.25, -0.2) is 0 Å². The SMILES string of the molecule is CC1(O)CC#CCC1. The minimum atomic E-state index is -0.495. The van der Waals surface area contributed by atoms with Crippen LogP contribution in [0.4, 0.5) is 0 Å². The molecule has 1 N–H and O–H groups in total. The van der Waals surface area contributed by atoms with Crippen molar-refractivity contribution >= 4 is 0 Å². The molecule has 1 rings (SSSR count). The lowest BCUT2D eigenvalue weighted by atomic mass is 9.93. The van der Waals surface area contributed by atoms with Crippen molar-refractivity contribution in [2.45, 2.75) is 31.8 Å². The predicted octanol–water partition coefficient (Wildman–Crippen LogP) is 0.925. The normalized spacial score (nSPS) is 35.8. The van der Waals surface area contributed by atoms with Crippen molar-refractivity contribution in [3.63, 3.8) is 0 Å². The van der Waals surface area contributed by atoms with E-state index in [9.17, 15) is 5.11 Å². The van der Waals surface area contributed by atoms with E-state index in [1.165, 1.54) is 0 Å². The molecule has 0 aromatic rings. The van der Waals surface area contributed by atoms with E-state index < -0.39 is 5.60 Å². The van der Waals surface area contributed by atoms with Gasteiger partial charge in [0.15, 0.2) is 0 Å². The Hall–Kier alpha value is -0.480. The van der Waals surface area contributed by atoms with Gasteiger partial charge in [-0.1, -0.05) is 0 Å². The Labute approximate surface area is 49.7 Å². The molecular formula is C7H10O. The van der Waals surface area contributed by atoms with Crippen molar-refractivity contribution in [1.29, 1.82) is 0 Å². The molecule has 1 aliphatic carbocycles. The fraction of sp³-hybridized carbons (Fsp3) is 0.714. The highest BCUT2D eigenvalue weighted by molar-refractivity contribution is 5.08. The molecule has 0 radical (unpaired) electrons. The van der Waals surface area contributed by atoms with Gasteiger partial charge in [-0.3, -0.25) is 0 Å². The van der Waals surface area contributed by atoms with Gasteiger partial charge in [0.2, 0.25) is 0 Å².